The molecule has 0 aromatic rings. The minimum absolute atomic E-state index is 0.0540. The maximum absolute atomic E-state index is 10.2. The van der Waals surface area contributed by atoms with Gasteiger partial charge in [0, 0.05) is 12.3 Å². The van der Waals surface area contributed by atoms with Gasteiger partial charge in [-0.15, -0.1) is 0 Å². The van der Waals surface area contributed by atoms with Crippen LogP contribution in [0.3, 0.4) is 0 Å². The van der Waals surface area contributed by atoms with Gasteiger partial charge in [0.15, 0.2) is 0 Å². The third-order valence-corrected chi connectivity index (χ3v) is 4.87. The molecule has 0 unspecified atom stereocenters. The highest BCUT2D eigenvalue weighted by molar-refractivity contribution is 5.06. The molecular formula is C20H36O3. The summed E-state index contributed by atoms with van der Waals surface area (Å²) in [7, 11) is 0. The third-order valence-electron chi connectivity index (χ3n) is 4.87. The smallest absolute Gasteiger partial charge is 0.0721 e. The van der Waals surface area contributed by atoms with Gasteiger partial charge in [0.2, 0.25) is 0 Å². The molecule has 0 aromatic heterocycles. The topological polar surface area (TPSA) is 60.7 Å². The van der Waals surface area contributed by atoms with Crippen molar-refractivity contribution in [3.05, 3.63) is 24.3 Å². The number of aliphatic hydroxyl groups is 3. The Kier molecular flexibility index (Phi) is 10.5. The van der Waals surface area contributed by atoms with Gasteiger partial charge in [-0.2, -0.15) is 0 Å². The number of aliphatic hydroxyl groups excluding tert-OH is 3. The first-order valence-corrected chi connectivity index (χ1v) is 9.47. The second-order valence-corrected chi connectivity index (χ2v) is 6.91. The Hall–Kier alpha value is -0.640. The Morgan fingerprint density at radius 1 is 1.00 bits per heavy atom. The van der Waals surface area contributed by atoms with Crippen molar-refractivity contribution in [2.24, 2.45) is 11.8 Å². The second-order valence-electron chi connectivity index (χ2n) is 6.91. The second kappa shape index (κ2) is 11.8. The molecule has 3 N–H and O–H groups in total. The van der Waals surface area contributed by atoms with Gasteiger partial charge in [0.1, 0.15) is 0 Å². The van der Waals surface area contributed by atoms with Crippen molar-refractivity contribution in [1.29, 1.82) is 0 Å². The van der Waals surface area contributed by atoms with Crippen LogP contribution in [0.2, 0.25) is 0 Å². The number of rotatable bonds is 11. The maximum Gasteiger partial charge on any atom is 0.0721 e. The highest BCUT2D eigenvalue weighted by atomic mass is 16.3. The molecule has 0 aromatic carbocycles. The molecule has 3 nitrogen and oxygen atoms in total. The summed E-state index contributed by atoms with van der Waals surface area (Å²) < 4.78 is 0. The molecule has 0 heterocycles. The standard InChI is InChI=1S/C20H36O3/c1-3-5-7-8-10-12-17-18(20(23)15-19(17)22)14-13-16(21)11-9-6-4-2/h8,10,13-14,16-23H,3-7,9,11-12,15H2,1-2H3/b10-8-,14-13+/t16-,17+,18-,19-,20+/m0/s1. The monoisotopic (exact) mass is 324 g/mol. The lowest BCUT2D eigenvalue weighted by molar-refractivity contribution is 0.120. The maximum atomic E-state index is 10.2. The summed E-state index contributed by atoms with van der Waals surface area (Å²) in [4.78, 5) is 0. The minimum atomic E-state index is -0.502. The van der Waals surface area contributed by atoms with E-state index in [2.05, 4.69) is 26.0 Å². The highest BCUT2D eigenvalue weighted by Crippen LogP contribution is 2.36. The molecule has 5 atom stereocenters. The normalized spacial score (nSPS) is 29.8. The average Bonchev–Trinajstić information content (AvgIpc) is 2.79. The van der Waals surface area contributed by atoms with E-state index in [1.54, 1.807) is 0 Å². The van der Waals surface area contributed by atoms with E-state index >= 15 is 0 Å². The Bertz CT molecular complexity index is 351. The van der Waals surface area contributed by atoms with E-state index in [1.165, 1.54) is 12.8 Å². The summed E-state index contributed by atoms with van der Waals surface area (Å²) >= 11 is 0. The molecule has 0 saturated heterocycles. The first-order chi connectivity index (χ1) is 11.1. The van der Waals surface area contributed by atoms with Crippen molar-refractivity contribution >= 4 is 0 Å². The summed E-state index contributed by atoms with van der Waals surface area (Å²) in [5.41, 5.74) is 0. The minimum Gasteiger partial charge on any atom is -0.393 e. The zero-order chi connectivity index (χ0) is 17.1. The molecule has 3 heteroatoms. The molecule has 1 aliphatic rings. The van der Waals surface area contributed by atoms with Gasteiger partial charge in [-0.3, -0.25) is 0 Å². The molecule has 0 amide bonds. The largest absolute Gasteiger partial charge is 0.393 e. The SMILES string of the molecule is CCCC/C=C\C[C@@H]1[C@H](/C=C/[C@@H](O)CCCCC)[C@H](O)C[C@@H]1O. The van der Waals surface area contributed by atoms with Crippen LogP contribution in [0, 0.1) is 11.8 Å². The van der Waals surface area contributed by atoms with Crippen LogP contribution in [0.4, 0.5) is 0 Å². The van der Waals surface area contributed by atoms with Crippen LogP contribution in [0.15, 0.2) is 24.3 Å². The lowest BCUT2D eigenvalue weighted by Crippen LogP contribution is -2.20. The van der Waals surface area contributed by atoms with Gasteiger partial charge < -0.3 is 15.3 Å². The van der Waals surface area contributed by atoms with E-state index < -0.39 is 18.3 Å². The summed E-state index contributed by atoms with van der Waals surface area (Å²) in [6.07, 6.45) is 15.5. The van der Waals surface area contributed by atoms with Gasteiger partial charge >= 0.3 is 0 Å². The van der Waals surface area contributed by atoms with Gasteiger partial charge in [0.05, 0.1) is 18.3 Å². The Labute approximate surface area is 142 Å². The van der Waals surface area contributed by atoms with Crippen LogP contribution >= 0.6 is 0 Å². The van der Waals surface area contributed by atoms with E-state index in [0.717, 1.165) is 38.5 Å². The van der Waals surface area contributed by atoms with Crippen LogP contribution in [0.25, 0.3) is 0 Å². The van der Waals surface area contributed by atoms with Crippen molar-refractivity contribution < 1.29 is 15.3 Å². The summed E-state index contributed by atoms with van der Waals surface area (Å²) in [6, 6.07) is 0. The molecule has 134 valence electrons. The number of allylic oxidation sites excluding steroid dienone is 2. The average molecular weight is 325 g/mol. The number of unbranched alkanes of at least 4 members (excludes halogenated alkanes) is 4. The Morgan fingerprint density at radius 2 is 1.74 bits per heavy atom. The van der Waals surface area contributed by atoms with E-state index in [4.69, 9.17) is 0 Å². The number of hydrogen-bond acceptors (Lipinski definition) is 3. The predicted octanol–water partition coefficient (Wildman–Crippen LogP) is 3.98. The first-order valence-electron chi connectivity index (χ1n) is 9.47. The van der Waals surface area contributed by atoms with E-state index in [1.807, 2.05) is 12.2 Å². The van der Waals surface area contributed by atoms with Crippen LogP contribution in [0.1, 0.15) is 71.6 Å². The van der Waals surface area contributed by atoms with E-state index in [-0.39, 0.29) is 11.8 Å². The van der Waals surface area contributed by atoms with E-state index in [0.29, 0.717) is 6.42 Å². The molecule has 0 bridgehead atoms. The molecule has 1 fully saturated rings. The van der Waals surface area contributed by atoms with Crippen LogP contribution in [-0.4, -0.2) is 33.6 Å². The molecule has 1 saturated carbocycles. The van der Waals surface area contributed by atoms with Gasteiger partial charge in [-0.25, -0.2) is 0 Å². The zero-order valence-corrected chi connectivity index (χ0v) is 14.9. The van der Waals surface area contributed by atoms with Crippen molar-refractivity contribution in [1.82, 2.24) is 0 Å². The summed E-state index contributed by atoms with van der Waals surface area (Å²) in [5.74, 6) is 0.00335. The predicted molar refractivity (Wildman–Crippen MR) is 96.2 cm³/mol. The molecule has 1 aliphatic carbocycles. The lowest BCUT2D eigenvalue weighted by atomic mass is 9.89. The van der Waals surface area contributed by atoms with Gasteiger partial charge in [-0.1, -0.05) is 70.3 Å². The van der Waals surface area contributed by atoms with E-state index in [9.17, 15) is 15.3 Å². The summed E-state index contributed by atoms with van der Waals surface area (Å²) in [5, 5.41) is 30.4. The van der Waals surface area contributed by atoms with Crippen molar-refractivity contribution in [3.63, 3.8) is 0 Å². The quantitative estimate of drug-likeness (QED) is 0.398. The molecule has 0 spiro atoms. The van der Waals surface area contributed by atoms with Crippen molar-refractivity contribution in [2.75, 3.05) is 0 Å². The number of hydrogen-bond donors (Lipinski definition) is 3. The highest BCUT2D eigenvalue weighted by Gasteiger charge is 2.39. The van der Waals surface area contributed by atoms with Crippen LogP contribution in [-0.2, 0) is 0 Å². The fourth-order valence-corrected chi connectivity index (χ4v) is 3.36. The third kappa shape index (κ3) is 7.65. The fourth-order valence-electron chi connectivity index (χ4n) is 3.36. The van der Waals surface area contributed by atoms with Crippen molar-refractivity contribution in [3.8, 4) is 0 Å². The molecular weight excluding hydrogens is 288 g/mol. The fraction of sp³-hybridized carbons (Fsp3) is 0.800. The van der Waals surface area contributed by atoms with Crippen LogP contribution in [0.5, 0.6) is 0 Å². The molecule has 23 heavy (non-hydrogen) atoms. The summed E-state index contributed by atoms with van der Waals surface area (Å²) in [6.45, 7) is 4.33. The van der Waals surface area contributed by atoms with Gasteiger partial charge in [-0.05, 0) is 25.2 Å². The molecule has 0 radical (unpaired) electrons. The Balaban J connectivity index is 2.50. The van der Waals surface area contributed by atoms with Crippen LogP contribution < -0.4 is 0 Å². The first kappa shape index (κ1) is 20.4. The van der Waals surface area contributed by atoms with Crippen molar-refractivity contribution in [2.45, 2.75) is 89.9 Å². The molecule has 1 rings (SSSR count). The molecule has 0 aliphatic heterocycles. The zero-order valence-electron chi connectivity index (χ0n) is 14.9. The van der Waals surface area contributed by atoms with Gasteiger partial charge in [0.25, 0.3) is 0 Å². The lowest BCUT2D eigenvalue weighted by Gasteiger charge is -2.19. The Morgan fingerprint density at radius 3 is 2.43 bits per heavy atom.